The number of thiophene rings is 1. The lowest BCUT2D eigenvalue weighted by Crippen LogP contribution is -2.12. The molecule has 0 saturated carbocycles. The number of benzene rings is 1. The van der Waals surface area contributed by atoms with Gasteiger partial charge in [-0.05, 0) is 53.5 Å². The largest absolute Gasteiger partial charge is 0.358 e. The number of fused-ring (bicyclic) bond motifs is 1. The molecule has 1 aromatic carbocycles. The Bertz CT molecular complexity index is 892. The van der Waals surface area contributed by atoms with E-state index in [2.05, 4.69) is 39.9 Å². The Morgan fingerprint density at radius 1 is 1.16 bits per heavy atom. The molecule has 3 aromatic rings. The van der Waals surface area contributed by atoms with Crippen molar-refractivity contribution in [1.82, 2.24) is 4.98 Å². The highest BCUT2D eigenvalue weighted by Gasteiger charge is 2.19. The Balaban J connectivity index is 1.66. The summed E-state index contributed by atoms with van der Waals surface area (Å²) >= 11 is 1.69. The van der Waals surface area contributed by atoms with Gasteiger partial charge in [0.15, 0.2) is 0 Å². The van der Waals surface area contributed by atoms with E-state index in [4.69, 9.17) is 0 Å². The van der Waals surface area contributed by atoms with Gasteiger partial charge >= 0.3 is 0 Å². The second-order valence-corrected chi connectivity index (χ2v) is 7.11. The molecule has 1 atom stereocenters. The molecule has 0 fully saturated rings. The fourth-order valence-corrected chi connectivity index (χ4v) is 4.08. The number of aryl methyl sites for hydroxylation is 2. The smallest absolute Gasteiger partial charge is 0.287 e. The van der Waals surface area contributed by atoms with E-state index in [0.717, 1.165) is 12.8 Å². The van der Waals surface area contributed by atoms with Crippen LogP contribution in [0.5, 0.6) is 0 Å². The molecular weight excluding hydrogens is 334 g/mol. The Morgan fingerprint density at radius 3 is 2.76 bits per heavy atom. The quantitative estimate of drug-likeness (QED) is 0.532. The van der Waals surface area contributed by atoms with Gasteiger partial charge in [-0.15, -0.1) is 11.3 Å². The Hall–Kier alpha value is -2.73. The van der Waals surface area contributed by atoms with E-state index in [1.807, 2.05) is 6.07 Å². The third kappa shape index (κ3) is 3.25. The van der Waals surface area contributed by atoms with Gasteiger partial charge in [-0.25, -0.2) is 4.98 Å². The van der Waals surface area contributed by atoms with Gasteiger partial charge < -0.3 is 5.32 Å². The van der Waals surface area contributed by atoms with Gasteiger partial charge in [0.2, 0.25) is 0 Å². The highest BCUT2D eigenvalue weighted by molar-refractivity contribution is 7.10. The van der Waals surface area contributed by atoms with Crippen LogP contribution in [-0.2, 0) is 12.8 Å². The van der Waals surface area contributed by atoms with E-state index in [1.54, 1.807) is 17.4 Å². The van der Waals surface area contributed by atoms with Crippen molar-refractivity contribution in [1.29, 1.82) is 0 Å². The van der Waals surface area contributed by atoms with Crippen LogP contribution >= 0.6 is 11.3 Å². The van der Waals surface area contributed by atoms with Crippen LogP contribution in [0.4, 0.5) is 11.5 Å². The van der Waals surface area contributed by atoms with E-state index >= 15 is 0 Å². The molecule has 1 unspecified atom stereocenters. The summed E-state index contributed by atoms with van der Waals surface area (Å²) in [6.45, 7) is 0. The molecular formula is C19H17N3O2S. The number of hydrogen-bond acceptors (Lipinski definition) is 5. The number of nitrogens with zero attached hydrogens (tertiary/aromatic N) is 2. The van der Waals surface area contributed by atoms with Crippen molar-refractivity contribution < 1.29 is 4.92 Å². The average Bonchev–Trinajstić information content (AvgIpc) is 3.31. The van der Waals surface area contributed by atoms with Gasteiger partial charge in [0.1, 0.15) is 12.0 Å². The van der Waals surface area contributed by atoms with Crippen LogP contribution < -0.4 is 5.32 Å². The first kappa shape index (κ1) is 15.8. The van der Waals surface area contributed by atoms with Crippen LogP contribution in [0.3, 0.4) is 0 Å². The first-order valence-electron chi connectivity index (χ1n) is 8.23. The van der Waals surface area contributed by atoms with Crippen molar-refractivity contribution in [3.63, 3.8) is 0 Å². The van der Waals surface area contributed by atoms with Crippen molar-refractivity contribution in [2.24, 2.45) is 0 Å². The molecule has 1 N–H and O–H groups in total. The van der Waals surface area contributed by atoms with Crippen LogP contribution in [0.15, 0.2) is 54.0 Å². The van der Waals surface area contributed by atoms with Crippen molar-refractivity contribution in [3.8, 4) is 0 Å². The van der Waals surface area contributed by atoms with E-state index < -0.39 is 4.92 Å². The predicted octanol–water partition coefficient (Wildman–Crippen LogP) is 4.74. The number of rotatable bonds is 5. The van der Waals surface area contributed by atoms with E-state index in [0.29, 0.717) is 5.82 Å². The molecule has 2 heterocycles. The molecule has 1 aliphatic carbocycles. The SMILES string of the molecule is O=[N+]([O-])c1ccc(NC(c2ccc3c(c2)CCC3)c2cccs2)nc1. The first-order valence-corrected chi connectivity index (χ1v) is 9.11. The molecule has 1 aliphatic rings. The first-order chi connectivity index (χ1) is 12.2. The van der Waals surface area contributed by atoms with E-state index in [1.165, 1.54) is 40.3 Å². The second-order valence-electron chi connectivity index (χ2n) is 6.13. The summed E-state index contributed by atoms with van der Waals surface area (Å²) in [6.07, 6.45) is 4.81. The zero-order valence-electron chi connectivity index (χ0n) is 13.5. The highest BCUT2D eigenvalue weighted by atomic mass is 32.1. The molecule has 0 bridgehead atoms. The number of anilines is 1. The lowest BCUT2D eigenvalue weighted by molar-refractivity contribution is -0.385. The molecule has 5 nitrogen and oxygen atoms in total. The average molecular weight is 351 g/mol. The van der Waals surface area contributed by atoms with Crippen molar-refractivity contribution in [2.75, 3.05) is 5.32 Å². The Kier molecular flexibility index (Phi) is 4.19. The minimum absolute atomic E-state index is 0.00393. The molecule has 25 heavy (non-hydrogen) atoms. The maximum atomic E-state index is 10.8. The van der Waals surface area contributed by atoms with Crippen LogP contribution in [0.25, 0.3) is 0 Å². The molecule has 2 aromatic heterocycles. The summed E-state index contributed by atoms with van der Waals surface area (Å²) < 4.78 is 0. The van der Waals surface area contributed by atoms with Crippen LogP contribution in [0, 0.1) is 10.1 Å². The Labute approximate surface area is 149 Å². The summed E-state index contributed by atoms with van der Waals surface area (Å²) in [4.78, 5) is 15.8. The fourth-order valence-electron chi connectivity index (χ4n) is 3.27. The molecule has 0 spiro atoms. The van der Waals surface area contributed by atoms with Gasteiger partial charge in [-0.2, -0.15) is 0 Å². The molecule has 0 aliphatic heterocycles. The lowest BCUT2D eigenvalue weighted by Gasteiger charge is -2.19. The number of aromatic nitrogens is 1. The van der Waals surface area contributed by atoms with Gasteiger partial charge in [0.05, 0.1) is 11.0 Å². The summed E-state index contributed by atoms with van der Waals surface area (Å²) in [5.74, 6) is 0.629. The zero-order valence-corrected chi connectivity index (χ0v) is 14.3. The number of hydrogen-bond donors (Lipinski definition) is 1. The normalized spacial score (nSPS) is 14.1. The standard InChI is InChI=1S/C19H17N3O2S/c23-22(24)16-8-9-18(20-12-16)21-19(17-5-2-10-25-17)15-7-6-13-3-1-4-14(13)11-15/h2,5-12,19H,1,3-4H2,(H,20,21). The monoisotopic (exact) mass is 351 g/mol. The predicted molar refractivity (Wildman–Crippen MR) is 99.1 cm³/mol. The Morgan fingerprint density at radius 2 is 2.04 bits per heavy atom. The molecule has 126 valence electrons. The molecule has 0 radical (unpaired) electrons. The van der Waals surface area contributed by atoms with Gasteiger partial charge in [0, 0.05) is 10.9 Å². The van der Waals surface area contributed by atoms with Gasteiger partial charge in [-0.3, -0.25) is 10.1 Å². The molecule has 0 saturated heterocycles. The number of nitro groups is 1. The third-order valence-electron chi connectivity index (χ3n) is 4.53. The van der Waals surface area contributed by atoms with Crippen molar-refractivity contribution in [3.05, 3.63) is 85.7 Å². The van der Waals surface area contributed by atoms with Crippen molar-refractivity contribution in [2.45, 2.75) is 25.3 Å². The number of nitrogens with one attached hydrogen (secondary N) is 1. The lowest BCUT2D eigenvalue weighted by atomic mass is 10.00. The highest BCUT2D eigenvalue weighted by Crippen LogP contribution is 2.32. The maximum absolute atomic E-state index is 10.8. The zero-order chi connectivity index (χ0) is 17.2. The molecule has 4 rings (SSSR count). The summed E-state index contributed by atoms with van der Waals surface area (Å²) in [6, 6.07) is 13.9. The minimum atomic E-state index is -0.436. The summed E-state index contributed by atoms with van der Waals surface area (Å²) in [7, 11) is 0. The van der Waals surface area contributed by atoms with Crippen LogP contribution in [-0.4, -0.2) is 9.91 Å². The molecule has 6 heteroatoms. The van der Waals surface area contributed by atoms with Crippen LogP contribution in [0.2, 0.25) is 0 Å². The van der Waals surface area contributed by atoms with E-state index in [-0.39, 0.29) is 11.7 Å². The third-order valence-corrected chi connectivity index (χ3v) is 5.47. The maximum Gasteiger partial charge on any atom is 0.287 e. The molecule has 0 amide bonds. The fraction of sp³-hybridized carbons (Fsp3) is 0.211. The second kappa shape index (κ2) is 6.64. The van der Waals surface area contributed by atoms with E-state index in [9.17, 15) is 10.1 Å². The van der Waals surface area contributed by atoms with Crippen molar-refractivity contribution >= 4 is 22.8 Å². The topological polar surface area (TPSA) is 68.1 Å². The summed E-state index contributed by atoms with van der Waals surface area (Å²) in [5, 5.41) is 16.3. The van der Waals surface area contributed by atoms with Gasteiger partial charge in [0.25, 0.3) is 5.69 Å². The van der Waals surface area contributed by atoms with Gasteiger partial charge in [-0.1, -0.05) is 24.3 Å². The summed E-state index contributed by atoms with van der Waals surface area (Å²) in [5.41, 5.74) is 4.07. The number of pyridine rings is 1. The van der Waals surface area contributed by atoms with Crippen LogP contribution in [0.1, 0.15) is 34.0 Å². The minimum Gasteiger partial charge on any atom is -0.358 e.